The second-order valence-corrected chi connectivity index (χ2v) is 35.4. The predicted molar refractivity (Wildman–Crippen MR) is 438 cm³/mol. The van der Waals surface area contributed by atoms with Gasteiger partial charge in [-0.3, -0.25) is 0 Å². The van der Waals surface area contributed by atoms with Crippen molar-refractivity contribution in [3.8, 4) is 79.2 Å². The van der Waals surface area contributed by atoms with Gasteiger partial charge in [-0.25, -0.2) is 18.3 Å². The lowest BCUT2D eigenvalue weighted by atomic mass is 9.62. The highest BCUT2D eigenvalue weighted by atomic mass is 16.5. The molecule has 8 nitrogen and oxygen atoms in total. The number of ether oxygens (including phenoxy) is 4. The first-order valence-electron chi connectivity index (χ1n) is 45.0. The van der Waals surface area contributed by atoms with E-state index >= 15 is 0 Å². The molecule has 4 saturated carbocycles. The highest BCUT2D eigenvalue weighted by Crippen LogP contribution is 2.60. The molecule has 4 aliphatic heterocycles. The van der Waals surface area contributed by atoms with Gasteiger partial charge in [-0.15, -0.1) is 0 Å². The van der Waals surface area contributed by atoms with E-state index < -0.39 is 20.6 Å². The molecule has 5 aromatic carbocycles. The first-order chi connectivity index (χ1) is 54.7. The number of fused-ring (bicyclic) bond motifs is 6. The minimum absolute atomic E-state index is 0.0373. The SMILES string of the molecule is Cc1cc(-c2c(C)ccc3c2OCC3)[n+](C)cc1-c1ccccc1.[2H]C([2H])([2H])c1c[n+](C)c(-c2c(C)ccc3c2OC(C)(C)CC32CCCCC2)cc1C.[2H]C([2H])([2H])c1c[n+](C)c(-c2c(C)ccc3c2OC2(CCCCC2)CC3(C)C)cc1C.[2H]C([2H])([2H])c1c[n+](C)c(-c2c(C)ccc3c2OC2(CCCCC2)CC32CCCC2)cc1C. The number of benzene rings is 5. The van der Waals surface area contributed by atoms with Crippen LogP contribution in [0.25, 0.3) is 56.2 Å². The van der Waals surface area contributed by atoms with Crippen molar-refractivity contribution in [2.45, 2.75) is 284 Å². The van der Waals surface area contributed by atoms with Crippen molar-refractivity contribution in [2.75, 3.05) is 6.61 Å². The number of aryl methyl sites for hydroxylation is 15. The number of hydrogen-bond donors (Lipinski definition) is 0. The summed E-state index contributed by atoms with van der Waals surface area (Å²) in [5.74, 6) is 4.16. The van der Waals surface area contributed by atoms with Crippen LogP contribution in [0.3, 0.4) is 0 Å². The largest absolute Gasteiger partial charge is 0.492 e. The fourth-order valence-corrected chi connectivity index (χ4v) is 20.7. The Morgan fingerprint density at radius 2 is 0.720 bits per heavy atom. The van der Waals surface area contributed by atoms with E-state index in [0.717, 1.165) is 136 Å². The summed E-state index contributed by atoms with van der Waals surface area (Å²) in [5, 5.41) is 0. The third-order valence-corrected chi connectivity index (χ3v) is 26.2. The van der Waals surface area contributed by atoms with E-state index in [1.54, 1.807) is 18.6 Å². The van der Waals surface area contributed by atoms with E-state index in [-0.39, 0.29) is 33.0 Å². The average Bonchev–Trinajstić information content (AvgIpc) is 1.34. The number of aromatic nitrogens is 4. The van der Waals surface area contributed by atoms with Gasteiger partial charge in [0.2, 0.25) is 22.8 Å². The number of nitrogens with zero attached hydrogens (tertiary/aromatic N) is 4. The third-order valence-electron chi connectivity index (χ3n) is 26.2. The zero-order valence-corrected chi connectivity index (χ0v) is 67.5. The van der Waals surface area contributed by atoms with Crippen molar-refractivity contribution in [1.29, 1.82) is 0 Å². The van der Waals surface area contributed by atoms with Gasteiger partial charge in [-0.1, -0.05) is 138 Å². The van der Waals surface area contributed by atoms with Gasteiger partial charge in [0.1, 0.15) is 68.0 Å². The van der Waals surface area contributed by atoms with Gasteiger partial charge in [0.25, 0.3) is 0 Å². The van der Waals surface area contributed by atoms with Gasteiger partial charge >= 0.3 is 0 Å². The summed E-state index contributed by atoms with van der Waals surface area (Å²) in [7, 11) is 7.96. The molecule has 4 spiro atoms. The van der Waals surface area contributed by atoms with Crippen LogP contribution in [0.4, 0.5) is 0 Å². The first kappa shape index (κ1) is 64.8. The molecule has 4 fully saturated rings. The van der Waals surface area contributed by atoms with Crippen molar-refractivity contribution in [2.24, 2.45) is 28.2 Å². The van der Waals surface area contributed by atoms with Crippen molar-refractivity contribution < 1.29 is 49.6 Å². The Morgan fingerprint density at radius 1 is 0.346 bits per heavy atom. The molecular formula is C99H126N4O4+4. The Kier molecular flexibility index (Phi) is 18.0. The quantitative estimate of drug-likeness (QED) is 0.161. The Bertz CT molecular complexity index is 5220. The average molecular weight is 1450 g/mol. The molecule has 0 amide bonds. The van der Waals surface area contributed by atoms with Crippen LogP contribution >= 0.6 is 0 Å². The summed E-state index contributed by atoms with van der Waals surface area (Å²) in [5.41, 5.74) is 26.5. The molecule has 0 atom stereocenters. The molecule has 107 heavy (non-hydrogen) atoms. The normalized spacial score (nSPS) is 20.6. The summed E-state index contributed by atoms with van der Waals surface area (Å²) in [6.07, 6.45) is 35.4. The molecular weight excluding hydrogens is 1310 g/mol. The minimum Gasteiger partial charge on any atom is -0.492 e. The van der Waals surface area contributed by atoms with Crippen molar-refractivity contribution in [1.82, 2.24) is 0 Å². The van der Waals surface area contributed by atoms with Crippen LogP contribution in [0.15, 0.2) is 128 Å². The predicted octanol–water partition coefficient (Wildman–Crippen LogP) is 22.5. The molecule has 4 aromatic heterocycles. The zero-order chi connectivity index (χ0) is 83.2. The monoisotopic (exact) mass is 1440 g/mol. The maximum absolute atomic E-state index is 7.91. The van der Waals surface area contributed by atoms with E-state index in [0.29, 0.717) is 16.7 Å². The first-order valence-corrected chi connectivity index (χ1v) is 40.5. The maximum Gasteiger partial charge on any atom is 0.216 e. The molecule has 17 rings (SSSR count). The van der Waals surface area contributed by atoms with Crippen LogP contribution in [0.2, 0.25) is 0 Å². The highest BCUT2D eigenvalue weighted by molar-refractivity contribution is 5.78. The van der Waals surface area contributed by atoms with E-state index in [2.05, 4.69) is 171 Å². The zero-order valence-electron chi connectivity index (χ0n) is 76.5. The van der Waals surface area contributed by atoms with Crippen LogP contribution in [0.1, 0.15) is 265 Å². The van der Waals surface area contributed by atoms with E-state index in [9.17, 15) is 0 Å². The van der Waals surface area contributed by atoms with Gasteiger partial charge in [0, 0.05) is 92.8 Å². The minimum atomic E-state index is -2.11. The van der Waals surface area contributed by atoms with Gasteiger partial charge in [0.15, 0.2) is 24.8 Å². The standard InChI is InChI=1S/C27H36NO.2C25H34NO.C22H22NO/c1-19-10-11-22-25(24(19)23-16-20(2)21(3)17-28(23)4)29-27(14-6-5-7-15-27)18-26(22)12-8-9-13-26;1-17-10-11-20-23(22(17)21-14-18(2)19(3)15-26(21)6)27-24(4,5)16-25(20)12-8-7-9-13-25;1-17-10-11-20-23(22(17)21-14-18(2)19(3)15-26(21)6)27-25(16-24(20,4)5)12-8-7-9-13-25;1-15-9-10-18-11-12-24-22(18)21(15)20-13-16(2)19(14-23(20)3)17-7-5-4-6-8-17/h10-11,16-17H,5-9,12-15,18H2,1-4H3;2*10-11,14-15H,7-9,12-13,16H2,1-6H3;4-10,13-14H,11-12H2,1-3H3/q4*+1/i3*3D3;. The molecule has 0 saturated heterocycles. The Balaban J connectivity index is 0.000000128. The molecule has 8 aliphatic rings. The van der Waals surface area contributed by atoms with Gasteiger partial charge < -0.3 is 18.9 Å². The molecule has 0 radical (unpaired) electrons. The van der Waals surface area contributed by atoms with Crippen molar-refractivity contribution in [3.05, 3.63) is 211 Å². The maximum atomic E-state index is 7.91. The molecule has 0 unspecified atom stereocenters. The Morgan fingerprint density at radius 3 is 1.19 bits per heavy atom. The fourth-order valence-electron chi connectivity index (χ4n) is 20.7. The Labute approximate surface area is 656 Å². The molecule has 8 heteroatoms. The Hall–Kier alpha value is -8.10. The van der Waals surface area contributed by atoms with Crippen LogP contribution < -0.4 is 37.2 Å². The fraction of sp³-hybridized carbons (Fsp3) is 0.495. The molecule has 0 N–H and O–H groups in total. The van der Waals surface area contributed by atoms with E-state index in [1.165, 1.54) is 164 Å². The summed E-state index contributed by atoms with van der Waals surface area (Å²) in [6, 6.07) is 36.9. The molecule has 8 heterocycles. The molecule has 4 aliphatic carbocycles. The highest BCUT2D eigenvalue weighted by Gasteiger charge is 2.53. The lowest BCUT2D eigenvalue weighted by Crippen LogP contribution is -2.48. The lowest BCUT2D eigenvalue weighted by molar-refractivity contribution is -0.660. The van der Waals surface area contributed by atoms with Crippen LogP contribution in [0.5, 0.6) is 23.0 Å². The van der Waals surface area contributed by atoms with Crippen LogP contribution in [0, 0.1) is 75.9 Å². The smallest absolute Gasteiger partial charge is 0.216 e. The van der Waals surface area contributed by atoms with E-state index in [4.69, 9.17) is 31.3 Å². The number of hydrogen-bond acceptors (Lipinski definition) is 4. The van der Waals surface area contributed by atoms with Gasteiger partial charge in [0.05, 0.1) is 28.9 Å². The van der Waals surface area contributed by atoms with Gasteiger partial charge in [-0.05, 0) is 247 Å². The molecule has 562 valence electrons. The lowest BCUT2D eigenvalue weighted by Gasteiger charge is -2.50. The van der Waals surface area contributed by atoms with Gasteiger partial charge in [-0.2, -0.15) is 0 Å². The number of rotatable bonds is 5. The summed E-state index contributed by atoms with van der Waals surface area (Å²) < 4.78 is 106. The second-order valence-electron chi connectivity index (χ2n) is 35.4. The van der Waals surface area contributed by atoms with Crippen molar-refractivity contribution >= 4 is 0 Å². The summed E-state index contributed by atoms with van der Waals surface area (Å²) >= 11 is 0. The summed E-state index contributed by atoms with van der Waals surface area (Å²) in [4.78, 5) is 0. The van der Waals surface area contributed by atoms with E-state index in [1.807, 2.05) is 67.7 Å². The topological polar surface area (TPSA) is 52.4 Å². The second kappa shape index (κ2) is 29.7. The third kappa shape index (κ3) is 14.7. The van der Waals surface area contributed by atoms with Crippen LogP contribution in [-0.2, 0) is 50.9 Å². The van der Waals surface area contributed by atoms with Crippen molar-refractivity contribution in [3.63, 3.8) is 0 Å². The molecule has 0 bridgehead atoms. The molecule has 9 aromatic rings. The van der Waals surface area contributed by atoms with Crippen LogP contribution in [-0.4, -0.2) is 23.4 Å². The number of pyridine rings is 4. The summed E-state index contributed by atoms with van der Waals surface area (Å²) in [6.45, 7) is 20.0.